The summed E-state index contributed by atoms with van der Waals surface area (Å²) in [6.07, 6.45) is 12.6. The number of ether oxygens (including phenoxy) is 2. The van der Waals surface area contributed by atoms with Crippen LogP contribution in [0.1, 0.15) is 58.8 Å². The Morgan fingerprint density at radius 3 is 2.73 bits per heavy atom. The molecule has 4 fully saturated rings. The Morgan fingerprint density at radius 2 is 1.96 bits per heavy atom. The normalized spacial score (nSPS) is 56.4. The molecule has 6 aliphatic rings. The van der Waals surface area contributed by atoms with E-state index in [2.05, 4.69) is 26.0 Å². The highest BCUT2D eigenvalue weighted by Crippen LogP contribution is 2.76. The van der Waals surface area contributed by atoms with Crippen LogP contribution in [-0.4, -0.2) is 29.1 Å². The quantitative estimate of drug-likeness (QED) is 0.493. The van der Waals surface area contributed by atoms with Crippen molar-refractivity contribution in [3.8, 4) is 0 Å². The van der Waals surface area contributed by atoms with Crippen LogP contribution in [0.15, 0.2) is 23.8 Å². The second-order valence-electron chi connectivity index (χ2n) is 9.92. The lowest BCUT2D eigenvalue weighted by Gasteiger charge is -2.54. The number of esters is 1. The maximum Gasteiger partial charge on any atom is 0.306 e. The van der Waals surface area contributed by atoms with Gasteiger partial charge in [0.1, 0.15) is 11.2 Å². The zero-order valence-electron chi connectivity index (χ0n) is 15.5. The Kier molecular flexibility index (Phi) is 2.61. The number of hydrogen-bond acceptors (Lipinski definition) is 4. The van der Waals surface area contributed by atoms with Crippen LogP contribution in [0.2, 0.25) is 0 Å². The minimum atomic E-state index is -0.278. The van der Waals surface area contributed by atoms with Gasteiger partial charge in [-0.3, -0.25) is 9.59 Å². The van der Waals surface area contributed by atoms with Crippen molar-refractivity contribution in [2.24, 2.45) is 22.7 Å². The van der Waals surface area contributed by atoms with Gasteiger partial charge in [0.15, 0.2) is 5.78 Å². The lowest BCUT2D eigenvalue weighted by molar-refractivity contribution is -0.162. The molecule has 2 heterocycles. The number of rotatable bonds is 0. The van der Waals surface area contributed by atoms with Gasteiger partial charge in [0.05, 0.1) is 6.10 Å². The van der Waals surface area contributed by atoms with Crippen molar-refractivity contribution >= 4 is 11.8 Å². The summed E-state index contributed by atoms with van der Waals surface area (Å²) in [6, 6.07) is 0. The van der Waals surface area contributed by atoms with Crippen LogP contribution in [0.25, 0.3) is 0 Å². The fourth-order valence-electron chi connectivity index (χ4n) is 7.73. The number of carbonyl (C=O) groups is 2. The molecule has 2 spiro atoms. The van der Waals surface area contributed by atoms with Crippen LogP contribution in [0.5, 0.6) is 0 Å². The summed E-state index contributed by atoms with van der Waals surface area (Å²) >= 11 is 0. The highest BCUT2D eigenvalue weighted by Gasteiger charge is 2.80. The van der Waals surface area contributed by atoms with Crippen LogP contribution < -0.4 is 0 Å². The highest BCUT2D eigenvalue weighted by molar-refractivity contribution is 5.92. The number of ketones is 1. The predicted molar refractivity (Wildman–Crippen MR) is 94.2 cm³/mol. The van der Waals surface area contributed by atoms with Gasteiger partial charge < -0.3 is 9.47 Å². The highest BCUT2D eigenvalue weighted by atomic mass is 16.6. The van der Waals surface area contributed by atoms with Gasteiger partial charge in [-0.1, -0.05) is 26.0 Å². The van der Waals surface area contributed by atoms with E-state index in [9.17, 15) is 9.59 Å². The molecule has 0 aromatic rings. The molecular formula is C22H26O4. The summed E-state index contributed by atoms with van der Waals surface area (Å²) < 4.78 is 12.6. The van der Waals surface area contributed by atoms with Gasteiger partial charge in [-0.05, 0) is 49.7 Å². The smallest absolute Gasteiger partial charge is 0.306 e. The standard InChI is InChI=1S/C22H26O4/c1-19-8-5-14(23)11-13(19)3-4-16-15-6-9-21(10-7-18(24)26-21)20(15,2)12-17-22(16,19)25-17/h3-4,11,15-17H,5-10,12H2,1-2H3/t15?,16?,17?,19?,20?,21-,22+/m1/s1. The maximum atomic E-state index is 12.0. The van der Waals surface area contributed by atoms with E-state index in [1.54, 1.807) is 0 Å². The molecule has 0 aromatic carbocycles. The molecule has 138 valence electrons. The van der Waals surface area contributed by atoms with E-state index < -0.39 is 0 Å². The van der Waals surface area contributed by atoms with Gasteiger partial charge in [-0.2, -0.15) is 0 Å². The predicted octanol–water partition coefficient (Wildman–Crippen LogP) is 3.50. The van der Waals surface area contributed by atoms with E-state index in [1.165, 1.54) is 0 Å². The van der Waals surface area contributed by atoms with Crippen LogP contribution in [-0.2, 0) is 19.1 Å². The minimum absolute atomic E-state index is 0.000890. The molecule has 0 amide bonds. The maximum absolute atomic E-state index is 12.0. The Morgan fingerprint density at radius 1 is 1.12 bits per heavy atom. The van der Waals surface area contributed by atoms with Gasteiger partial charge in [-0.15, -0.1) is 0 Å². The van der Waals surface area contributed by atoms with Gasteiger partial charge in [-0.25, -0.2) is 0 Å². The molecule has 4 aliphatic carbocycles. The summed E-state index contributed by atoms with van der Waals surface area (Å²) in [5.41, 5.74) is 0.679. The molecule has 0 radical (unpaired) electrons. The first kappa shape index (κ1) is 15.6. The van der Waals surface area contributed by atoms with Crippen molar-refractivity contribution in [1.82, 2.24) is 0 Å². The van der Waals surface area contributed by atoms with Crippen LogP contribution >= 0.6 is 0 Å². The van der Waals surface area contributed by atoms with Crippen molar-refractivity contribution in [2.75, 3.05) is 0 Å². The molecule has 0 N–H and O–H groups in total. The Bertz CT molecular complexity index is 811. The summed E-state index contributed by atoms with van der Waals surface area (Å²) in [6.45, 7) is 4.66. The number of fused-ring (bicyclic) bond motifs is 4. The monoisotopic (exact) mass is 354 g/mol. The molecule has 4 nitrogen and oxygen atoms in total. The fourth-order valence-corrected chi connectivity index (χ4v) is 7.73. The molecule has 2 saturated carbocycles. The summed E-state index contributed by atoms with van der Waals surface area (Å²) in [4.78, 5) is 23.9. The first-order valence-electron chi connectivity index (χ1n) is 10.2. The number of carbonyl (C=O) groups excluding carboxylic acids is 2. The third-order valence-corrected chi connectivity index (χ3v) is 9.23. The van der Waals surface area contributed by atoms with E-state index in [0.717, 1.165) is 37.7 Å². The van der Waals surface area contributed by atoms with Crippen molar-refractivity contribution in [1.29, 1.82) is 0 Å². The lowest BCUT2D eigenvalue weighted by atomic mass is 9.47. The van der Waals surface area contributed by atoms with E-state index in [-0.39, 0.29) is 39.9 Å². The third-order valence-electron chi connectivity index (χ3n) is 9.23. The third kappa shape index (κ3) is 1.47. The van der Waals surface area contributed by atoms with E-state index in [4.69, 9.17) is 9.47 Å². The summed E-state index contributed by atoms with van der Waals surface area (Å²) in [7, 11) is 0. The summed E-state index contributed by atoms with van der Waals surface area (Å²) in [5, 5.41) is 0. The average Bonchev–Trinajstić information content (AvgIpc) is 3.08. The molecule has 7 atom stereocenters. The molecule has 26 heavy (non-hydrogen) atoms. The van der Waals surface area contributed by atoms with Crippen molar-refractivity contribution in [2.45, 2.75) is 76.1 Å². The number of epoxide rings is 1. The number of hydrogen-bond donors (Lipinski definition) is 0. The topological polar surface area (TPSA) is 55.9 Å². The Hall–Kier alpha value is -1.42. The Balaban J connectivity index is 1.46. The average molecular weight is 354 g/mol. The molecular weight excluding hydrogens is 328 g/mol. The van der Waals surface area contributed by atoms with E-state index >= 15 is 0 Å². The first-order chi connectivity index (χ1) is 12.3. The van der Waals surface area contributed by atoms with Crippen molar-refractivity contribution in [3.63, 3.8) is 0 Å². The zero-order valence-corrected chi connectivity index (χ0v) is 15.5. The van der Waals surface area contributed by atoms with Crippen molar-refractivity contribution in [3.05, 3.63) is 23.8 Å². The molecule has 4 heteroatoms. The number of allylic oxidation sites excluding steroid dienone is 2. The van der Waals surface area contributed by atoms with Crippen LogP contribution in [0.4, 0.5) is 0 Å². The van der Waals surface area contributed by atoms with Gasteiger partial charge >= 0.3 is 5.97 Å². The van der Waals surface area contributed by atoms with Crippen molar-refractivity contribution < 1.29 is 19.1 Å². The van der Waals surface area contributed by atoms with Gasteiger partial charge in [0.25, 0.3) is 0 Å². The Labute approximate surface area is 154 Å². The van der Waals surface area contributed by atoms with Crippen LogP contribution in [0, 0.1) is 22.7 Å². The summed E-state index contributed by atoms with van der Waals surface area (Å²) in [5.74, 6) is 1.06. The second kappa shape index (κ2) is 4.35. The molecule has 0 bridgehead atoms. The minimum Gasteiger partial charge on any atom is -0.458 e. The molecule has 2 saturated heterocycles. The first-order valence-corrected chi connectivity index (χ1v) is 10.2. The van der Waals surface area contributed by atoms with E-state index in [1.807, 2.05) is 6.08 Å². The zero-order chi connectivity index (χ0) is 17.9. The fraction of sp³-hybridized carbons (Fsp3) is 0.727. The lowest BCUT2D eigenvalue weighted by Crippen LogP contribution is -2.58. The second-order valence-corrected chi connectivity index (χ2v) is 9.92. The molecule has 6 rings (SSSR count). The largest absolute Gasteiger partial charge is 0.458 e. The van der Waals surface area contributed by atoms with Crippen LogP contribution in [0.3, 0.4) is 0 Å². The van der Waals surface area contributed by atoms with Gasteiger partial charge in [0, 0.05) is 29.6 Å². The molecule has 5 unspecified atom stereocenters. The SMILES string of the molecule is CC12CC3O[C@@]34C(C=CC3=CC(=O)CCC34C)C1CC[C@@]21CCC(=O)O1. The molecule has 2 aliphatic heterocycles. The van der Waals surface area contributed by atoms with E-state index in [0.29, 0.717) is 24.7 Å². The van der Waals surface area contributed by atoms with Gasteiger partial charge in [0.2, 0.25) is 0 Å². The molecule has 0 aromatic heterocycles.